The number of aromatic nitrogens is 1. The largest absolute Gasteiger partial charge is 0.366 e. The van der Waals surface area contributed by atoms with E-state index in [1.165, 1.54) is 11.3 Å². The molecule has 0 aromatic carbocycles. The van der Waals surface area contributed by atoms with Gasteiger partial charge < -0.3 is 5.32 Å². The molecule has 0 unspecified atom stereocenters. The summed E-state index contributed by atoms with van der Waals surface area (Å²) >= 11 is 1.36. The van der Waals surface area contributed by atoms with Crippen molar-refractivity contribution in [3.63, 3.8) is 0 Å². The van der Waals surface area contributed by atoms with E-state index in [1.807, 2.05) is 0 Å². The molecule has 0 saturated carbocycles. The second-order valence-electron chi connectivity index (χ2n) is 1.37. The van der Waals surface area contributed by atoms with Crippen LogP contribution in [0.3, 0.4) is 0 Å². The third-order valence-electron chi connectivity index (χ3n) is 0.818. The van der Waals surface area contributed by atoms with Crippen LogP contribution in [0.15, 0.2) is 6.20 Å². The number of hydrogen-bond donors (Lipinski definition) is 1. The maximum Gasteiger partial charge on any atom is 0.262 e. The van der Waals surface area contributed by atoms with E-state index >= 15 is 0 Å². The summed E-state index contributed by atoms with van der Waals surface area (Å²) in [5.41, 5.74) is 0. The molecule has 0 fully saturated rings. The van der Waals surface area contributed by atoms with Gasteiger partial charge in [-0.05, 0) is 0 Å². The minimum absolute atomic E-state index is 0.624. The van der Waals surface area contributed by atoms with Crippen molar-refractivity contribution >= 4 is 21.5 Å². The Kier molecular flexibility index (Phi) is 1.66. The Hall–Kier alpha value is -1.08. The highest BCUT2D eigenvalue weighted by atomic mass is 32.1. The Morgan fingerprint density at radius 2 is 2.67 bits per heavy atom. The van der Waals surface area contributed by atoms with Crippen LogP contribution in [-0.2, 0) is 0 Å². The minimum Gasteiger partial charge on any atom is -0.366 e. The minimum atomic E-state index is 0.624. The molecule has 3 nitrogen and oxygen atoms in total. The summed E-state index contributed by atoms with van der Waals surface area (Å²) in [6.07, 6.45) is 1.56. The van der Waals surface area contributed by atoms with E-state index in [0.29, 0.717) is 5.00 Å². The molecular weight excluding hydrogens is 134 g/mol. The molecule has 0 radical (unpaired) electrons. The summed E-state index contributed by atoms with van der Waals surface area (Å²) in [6.45, 7) is 6.60. The molecule has 0 atom stereocenters. The SMILES string of the molecule is [C-]#[N+]c1cnc(NC)s1. The number of rotatable bonds is 1. The molecule has 0 spiro atoms. The van der Waals surface area contributed by atoms with Crippen LogP contribution in [0.4, 0.5) is 10.1 Å². The fourth-order valence-electron chi connectivity index (χ4n) is 0.433. The van der Waals surface area contributed by atoms with Crippen molar-refractivity contribution < 1.29 is 0 Å². The van der Waals surface area contributed by atoms with Crippen LogP contribution in [-0.4, -0.2) is 12.0 Å². The summed E-state index contributed by atoms with van der Waals surface area (Å²) < 4.78 is 0. The van der Waals surface area contributed by atoms with Gasteiger partial charge in [0.2, 0.25) is 0 Å². The maximum absolute atomic E-state index is 6.60. The molecule has 0 bridgehead atoms. The molecule has 0 aliphatic rings. The summed E-state index contributed by atoms with van der Waals surface area (Å²) in [5, 5.41) is 4.26. The molecule has 1 N–H and O–H groups in total. The van der Waals surface area contributed by atoms with Crippen LogP contribution < -0.4 is 5.32 Å². The molecular formula is C5H5N3S. The number of anilines is 1. The Balaban J connectivity index is 2.90. The first-order chi connectivity index (χ1) is 4.36. The van der Waals surface area contributed by atoms with Gasteiger partial charge in [-0.3, -0.25) is 0 Å². The molecule has 1 rings (SSSR count). The van der Waals surface area contributed by atoms with Crippen LogP contribution in [0.25, 0.3) is 4.85 Å². The van der Waals surface area contributed by atoms with E-state index in [9.17, 15) is 0 Å². The van der Waals surface area contributed by atoms with Crippen LogP contribution in [0.1, 0.15) is 0 Å². The number of hydrogen-bond acceptors (Lipinski definition) is 3. The van der Waals surface area contributed by atoms with E-state index in [1.54, 1.807) is 13.2 Å². The Morgan fingerprint density at radius 1 is 1.89 bits per heavy atom. The first-order valence-corrected chi connectivity index (χ1v) is 3.19. The Bertz CT molecular complexity index is 235. The van der Waals surface area contributed by atoms with Crippen LogP contribution in [0, 0.1) is 6.57 Å². The molecule has 0 aliphatic carbocycles. The van der Waals surface area contributed by atoms with Crippen molar-refractivity contribution in [1.29, 1.82) is 0 Å². The molecule has 1 aromatic rings. The lowest BCUT2D eigenvalue weighted by Gasteiger charge is -1.85. The van der Waals surface area contributed by atoms with Gasteiger partial charge in [0.05, 0.1) is 6.57 Å². The third kappa shape index (κ3) is 1.18. The van der Waals surface area contributed by atoms with Crippen LogP contribution >= 0.6 is 11.3 Å². The highest BCUT2D eigenvalue weighted by molar-refractivity contribution is 7.19. The van der Waals surface area contributed by atoms with E-state index in [4.69, 9.17) is 6.57 Å². The van der Waals surface area contributed by atoms with Gasteiger partial charge in [0, 0.05) is 13.2 Å². The molecule has 0 amide bonds. The number of nitrogens with one attached hydrogen (secondary N) is 1. The van der Waals surface area contributed by atoms with Crippen molar-refractivity contribution in [2.75, 3.05) is 12.4 Å². The Labute approximate surface area is 57.2 Å². The zero-order valence-electron chi connectivity index (χ0n) is 4.88. The van der Waals surface area contributed by atoms with Gasteiger partial charge >= 0.3 is 0 Å². The topological polar surface area (TPSA) is 29.3 Å². The first kappa shape index (κ1) is 6.05. The first-order valence-electron chi connectivity index (χ1n) is 2.38. The molecule has 1 heterocycles. The van der Waals surface area contributed by atoms with Crippen LogP contribution in [0.5, 0.6) is 0 Å². The van der Waals surface area contributed by atoms with E-state index < -0.39 is 0 Å². The van der Waals surface area contributed by atoms with Gasteiger partial charge in [-0.15, -0.1) is 11.3 Å². The van der Waals surface area contributed by atoms with Crippen molar-refractivity contribution in [3.05, 3.63) is 17.6 Å². The standard InChI is InChI=1S/C5H5N3S/c1-6-4-3-8-5(7-2)9-4/h3H,2H3,(H,7,8). The lowest BCUT2D eigenvalue weighted by Crippen LogP contribution is -1.83. The smallest absolute Gasteiger partial charge is 0.262 e. The monoisotopic (exact) mass is 139 g/mol. The zero-order valence-corrected chi connectivity index (χ0v) is 5.70. The fraction of sp³-hybridized carbons (Fsp3) is 0.200. The maximum atomic E-state index is 6.60. The summed E-state index contributed by atoms with van der Waals surface area (Å²) in [5.74, 6) is 0. The van der Waals surface area contributed by atoms with E-state index in [-0.39, 0.29) is 0 Å². The van der Waals surface area contributed by atoms with Crippen molar-refractivity contribution in [1.82, 2.24) is 4.98 Å². The van der Waals surface area contributed by atoms with Gasteiger partial charge in [0.25, 0.3) is 5.00 Å². The Morgan fingerprint density at radius 3 is 3.00 bits per heavy atom. The normalized spacial score (nSPS) is 8.44. The van der Waals surface area contributed by atoms with Crippen molar-refractivity contribution in [3.8, 4) is 0 Å². The second kappa shape index (κ2) is 2.46. The average molecular weight is 139 g/mol. The van der Waals surface area contributed by atoms with Gasteiger partial charge in [0.1, 0.15) is 0 Å². The number of nitrogens with zero attached hydrogens (tertiary/aromatic N) is 2. The number of thiazole rings is 1. The van der Waals surface area contributed by atoms with Crippen molar-refractivity contribution in [2.24, 2.45) is 0 Å². The van der Waals surface area contributed by atoms with Crippen molar-refractivity contribution in [2.45, 2.75) is 0 Å². The van der Waals surface area contributed by atoms with Gasteiger partial charge in [-0.1, -0.05) is 0 Å². The average Bonchev–Trinajstić information content (AvgIpc) is 2.34. The fourth-order valence-corrected chi connectivity index (χ4v) is 0.989. The summed E-state index contributed by atoms with van der Waals surface area (Å²) in [7, 11) is 1.78. The molecule has 9 heavy (non-hydrogen) atoms. The molecule has 4 heteroatoms. The molecule has 46 valence electrons. The van der Waals surface area contributed by atoms with Gasteiger partial charge in [0.15, 0.2) is 5.13 Å². The highest BCUT2D eigenvalue weighted by Crippen LogP contribution is 2.24. The van der Waals surface area contributed by atoms with E-state index in [0.717, 1.165) is 5.13 Å². The van der Waals surface area contributed by atoms with E-state index in [2.05, 4.69) is 15.1 Å². The molecule has 1 aromatic heterocycles. The van der Waals surface area contributed by atoms with Gasteiger partial charge in [-0.2, -0.15) is 0 Å². The second-order valence-corrected chi connectivity index (χ2v) is 2.37. The summed E-state index contributed by atoms with van der Waals surface area (Å²) in [4.78, 5) is 7.10. The predicted octanol–water partition coefficient (Wildman–Crippen LogP) is 1.74. The molecule has 0 aliphatic heterocycles. The lowest BCUT2D eigenvalue weighted by molar-refractivity contribution is 1.37. The zero-order chi connectivity index (χ0) is 6.69. The van der Waals surface area contributed by atoms with Gasteiger partial charge in [-0.25, -0.2) is 9.83 Å². The lowest BCUT2D eigenvalue weighted by atomic mass is 10.9. The predicted molar refractivity (Wildman–Crippen MR) is 37.9 cm³/mol. The summed E-state index contributed by atoms with van der Waals surface area (Å²) in [6, 6.07) is 0. The molecule has 0 saturated heterocycles. The highest BCUT2D eigenvalue weighted by Gasteiger charge is 1.95. The third-order valence-corrected chi connectivity index (χ3v) is 1.73. The quantitative estimate of drug-likeness (QED) is 0.600. The van der Waals surface area contributed by atoms with Crippen LogP contribution in [0.2, 0.25) is 0 Å².